The van der Waals surface area contributed by atoms with Crippen LogP contribution in [0.25, 0.3) is 0 Å². The third kappa shape index (κ3) is 2.89. The highest BCUT2D eigenvalue weighted by atomic mass is 16.6. The van der Waals surface area contributed by atoms with Crippen LogP contribution in [-0.2, 0) is 22.5 Å². The lowest BCUT2D eigenvalue weighted by Crippen LogP contribution is -2.31. The fourth-order valence-electron chi connectivity index (χ4n) is 2.38. The Morgan fingerprint density at radius 2 is 2.17 bits per heavy atom. The van der Waals surface area contributed by atoms with Gasteiger partial charge in [0.2, 0.25) is 5.91 Å². The van der Waals surface area contributed by atoms with Crippen LogP contribution in [0.2, 0.25) is 0 Å². The highest BCUT2D eigenvalue weighted by Crippen LogP contribution is 2.27. The summed E-state index contributed by atoms with van der Waals surface area (Å²) in [6.07, 6.45) is 4.57. The summed E-state index contributed by atoms with van der Waals surface area (Å²) in [4.78, 5) is 17.9. The zero-order chi connectivity index (χ0) is 13.0. The lowest BCUT2D eigenvalue weighted by atomic mass is 9.97. The molecule has 98 valence electrons. The first-order valence-corrected chi connectivity index (χ1v) is 6.42. The van der Waals surface area contributed by atoms with E-state index in [4.69, 9.17) is 5.90 Å². The summed E-state index contributed by atoms with van der Waals surface area (Å²) in [7, 11) is 1.85. The second kappa shape index (κ2) is 5.98. The number of unbranched alkanes of at least 4 members (excludes halogenated alkanes) is 1. The number of hydrogen-bond acceptors (Lipinski definition) is 3. The smallest absolute Gasteiger partial charge is 0.227 e. The first-order chi connectivity index (χ1) is 8.72. The average molecular weight is 248 g/mol. The van der Waals surface area contributed by atoms with E-state index in [9.17, 15) is 4.79 Å². The number of benzene rings is 1. The van der Waals surface area contributed by atoms with Crippen LogP contribution < -0.4 is 10.8 Å². The van der Waals surface area contributed by atoms with Gasteiger partial charge in [-0.25, -0.2) is 5.90 Å². The second-order valence-electron chi connectivity index (χ2n) is 4.74. The molecule has 4 heteroatoms. The van der Waals surface area contributed by atoms with Gasteiger partial charge in [-0.3, -0.25) is 4.79 Å². The van der Waals surface area contributed by atoms with Gasteiger partial charge in [-0.2, -0.15) is 0 Å². The average Bonchev–Trinajstić information content (AvgIpc) is 2.39. The first kappa shape index (κ1) is 13.1. The van der Waals surface area contributed by atoms with Crippen molar-refractivity contribution >= 4 is 11.6 Å². The normalized spacial score (nSPS) is 14.8. The third-order valence-electron chi connectivity index (χ3n) is 3.47. The lowest BCUT2D eigenvalue weighted by Gasteiger charge is -2.26. The number of amides is 1. The van der Waals surface area contributed by atoms with Gasteiger partial charge in [-0.1, -0.05) is 12.1 Å². The van der Waals surface area contributed by atoms with Gasteiger partial charge < -0.3 is 9.74 Å². The van der Waals surface area contributed by atoms with Crippen LogP contribution in [0.3, 0.4) is 0 Å². The van der Waals surface area contributed by atoms with Crippen LogP contribution in [-0.4, -0.2) is 19.6 Å². The van der Waals surface area contributed by atoms with Crippen LogP contribution in [0.5, 0.6) is 0 Å². The van der Waals surface area contributed by atoms with E-state index in [0.29, 0.717) is 13.0 Å². The number of aryl methyl sites for hydroxylation is 2. The summed E-state index contributed by atoms with van der Waals surface area (Å²) < 4.78 is 0. The summed E-state index contributed by atoms with van der Waals surface area (Å²) in [6, 6.07) is 6.39. The van der Waals surface area contributed by atoms with E-state index < -0.39 is 0 Å². The van der Waals surface area contributed by atoms with Gasteiger partial charge in [0.1, 0.15) is 0 Å². The zero-order valence-corrected chi connectivity index (χ0v) is 10.8. The molecule has 0 spiro atoms. The van der Waals surface area contributed by atoms with Crippen molar-refractivity contribution in [1.82, 2.24) is 0 Å². The summed E-state index contributed by atoms with van der Waals surface area (Å²) in [5, 5.41) is 0. The summed E-state index contributed by atoms with van der Waals surface area (Å²) in [6.45, 7) is 0.613. The molecule has 0 radical (unpaired) electrons. The van der Waals surface area contributed by atoms with Crippen LogP contribution in [0.4, 0.5) is 5.69 Å². The Morgan fingerprint density at radius 3 is 2.94 bits per heavy atom. The van der Waals surface area contributed by atoms with Gasteiger partial charge in [-0.05, 0) is 42.9 Å². The Balaban J connectivity index is 2.01. The van der Waals surface area contributed by atoms with Gasteiger partial charge in [0.05, 0.1) is 6.61 Å². The standard InChI is InChI=1S/C14H20N2O2/c1-16-13-7-5-11(4-2-3-9-18-15)10-12(13)6-8-14(16)17/h5,7,10H,2-4,6,8-9,15H2,1H3. The molecule has 2 rings (SSSR count). The first-order valence-electron chi connectivity index (χ1n) is 6.42. The molecule has 1 aliphatic rings. The quantitative estimate of drug-likeness (QED) is 0.638. The lowest BCUT2D eigenvalue weighted by molar-refractivity contribution is -0.118. The molecule has 0 bridgehead atoms. The molecule has 1 heterocycles. The van der Waals surface area contributed by atoms with Crippen molar-refractivity contribution in [3.8, 4) is 0 Å². The maximum absolute atomic E-state index is 11.6. The molecule has 18 heavy (non-hydrogen) atoms. The minimum atomic E-state index is 0.204. The number of fused-ring (bicyclic) bond motifs is 1. The molecule has 0 aromatic heterocycles. The minimum Gasteiger partial charge on any atom is -0.315 e. The number of carbonyl (C=O) groups is 1. The Hall–Kier alpha value is -1.39. The van der Waals surface area contributed by atoms with E-state index in [1.54, 1.807) is 4.90 Å². The molecule has 4 nitrogen and oxygen atoms in total. The van der Waals surface area contributed by atoms with E-state index in [-0.39, 0.29) is 5.91 Å². The van der Waals surface area contributed by atoms with Gasteiger partial charge >= 0.3 is 0 Å². The minimum absolute atomic E-state index is 0.204. The Morgan fingerprint density at radius 1 is 1.33 bits per heavy atom. The summed E-state index contributed by atoms with van der Waals surface area (Å²) >= 11 is 0. The summed E-state index contributed by atoms with van der Waals surface area (Å²) in [5.74, 6) is 5.19. The highest BCUT2D eigenvalue weighted by molar-refractivity contribution is 5.95. The molecule has 0 fully saturated rings. The van der Waals surface area contributed by atoms with Gasteiger partial charge in [-0.15, -0.1) is 0 Å². The van der Waals surface area contributed by atoms with E-state index in [0.717, 1.165) is 31.4 Å². The predicted octanol–water partition coefficient (Wildman–Crippen LogP) is 1.81. The van der Waals surface area contributed by atoms with E-state index in [1.807, 2.05) is 7.05 Å². The SMILES string of the molecule is CN1C(=O)CCc2cc(CCCCON)ccc21. The number of nitrogens with zero attached hydrogens (tertiary/aromatic N) is 1. The van der Waals surface area contributed by atoms with Crippen molar-refractivity contribution in [3.63, 3.8) is 0 Å². The van der Waals surface area contributed by atoms with Crippen molar-refractivity contribution in [2.75, 3.05) is 18.6 Å². The molecule has 1 amide bonds. The highest BCUT2D eigenvalue weighted by Gasteiger charge is 2.20. The van der Waals surface area contributed by atoms with E-state index >= 15 is 0 Å². The predicted molar refractivity (Wildman–Crippen MR) is 71.3 cm³/mol. The monoisotopic (exact) mass is 248 g/mol. The van der Waals surface area contributed by atoms with E-state index in [1.165, 1.54) is 11.1 Å². The van der Waals surface area contributed by atoms with Crippen molar-refractivity contribution in [1.29, 1.82) is 0 Å². The molecule has 0 saturated carbocycles. The molecule has 1 aromatic rings. The number of hydrogen-bond donors (Lipinski definition) is 1. The van der Waals surface area contributed by atoms with Crippen molar-refractivity contribution in [2.24, 2.45) is 5.90 Å². The Labute approximate surface area is 108 Å². The van der Waals surface area contributed by atoms with Gasteiger partial charge in [0.15, 0.2) is 0 Å². The number of carbonyl (C=O) groups excluding carboxylic acids is 1. The topological polar surface area (TPSA) is 55.6 Å². The largest absolute Gasteiger partial charge is 0.315 e. The maximum Gasteiger partial charge on any atom is 0.227 e. The summed E-state index contributed by atoms with van der Waals surface area (Å²) in [5.41, 5.74) is 3.67. The molecule has 0 unspecified atom stereocenters. The molecule has 2 N–H and O–H groups in total. The molecule has 0 aliphatic carbocycles. The fourth-order valence-corrected chi connectivity index (χ4v) is 2.38. The maximum atomic E-state index is 11.6. The second-order valence-corrected chi connectivity index (χ2v) is 4.74. The molecule has 0 saturated heterocycles. The van der Waals surface area contributed by atoms with Crippen LogP contribution >= 0.6 is 0 Å². The van der Waals surface area contributed by atoms with E-state index in [2.05, 4.69) is 23.0 Å². The molecule has 0 atom stereocenters. The molecular formula is C14H20N2O2. The van der Waals surface area contributed by atoms with Crippen LogP contribution in [0.1, 0.15) is 30.4 Å². The molecule has 1 aliphatic heterocycles. The van der Waals surface area contributed by atoms with Crippen molar-refractivity contribution in [2.45, 2.75) is 32.1 Å². The Kier molecular flexibility index (Phi) is 4.33. The zero-order valence-electron chi connectivity index (χ0n) is 10.8. The fraction of sp³-hybridized carbons (Fsp3) is 0.500. The van der Waals surface area contributed by atoms with Gasteiger partial charge in [0, 0.05) is 19.2 Å². The number of nitrogens with two attached hydrogens (primary N) is 1. The number of rotatable bonds is 5. The molecule has 1 aromatic carbocycles. The van der Waals surface area contributed by atoms with Crippen molar-refractivity contribution < 1.29 is 9.63 Å². The van der Waals surface area contributed by atoms with Crippen molar-refractivity contribution in [3.05, 3.63) is 29.3 Å². The van der Waals surface area contributed by atoms with Crippen LogP contribution in [0.15, 0.2) is 18.2 Å². The third-order valence-corrected chi connectivity index (χ3v) is 3.47. The Bertz CT molecular complexity index is 432. The number of anilines is 1. The van der Waals surface area contributed by atoms with Gasteiger partial charge in [0.25, 0.3) is 0 Å². The van der Waals surface area contributed by atoms with Crippen LogP contribution in [0, 0.1) is 0 Å². The molecular weight excluding hydrogens is 228 g/mol.